The number of aliphatic imine (C=N–C) groups is 1. The summed E-state index contributed by atoms with van der Waals surface area (Å²) in [6, 6.07) is 8.20. The van der Waals surface area contributed by atoms with Crippen molar-refractivity contribution in [2.45, 2.75) is 37.0 Å². The molecule has 0 spiro atoms. The molecule has 2 aliphatic rings. The third-order valence-electron chi connectivity index (χ3n) is 4.94. The summed E-state index contributed by atoms with van der Waals surface area (Å²) in [5, 5.41) is 7.65. The molecule has 150 valence electrons. The number of para-hydroxylation sites is 2. The number of rotatable bonds is 6. The standard InChI is InChI=1S/C19H28N4O2S.HI/c1-20-19(22-14-8-9-15(12-14)26-2)21-10-5-11-23-16-6-3-4-7-17(16)25-13-18(23)24;/h3-4,6-7,14-15H,5,8-13H2,1-2H3,(H2,20,21,22);1H. The number of anilines is 1. The second-order valence-corrected chi connectivity index (χ2v) is 7.80. The van der Waals surface area contributed by atoms with Gasteiger partial charge in [0.2, 0.25) is 0 Å². The number of hydrogen-bond acceptors (Lipinski definition) is 4. The number of amides is 1. The number of thioether (sulfide) groups is 1. The van der Waals surface area contributed by atoms with Crippen LogP contribution in [0.25, 0.3) is 0 Å². The molecule has 8 heteroatoms. The van der Waals surface area contributed by atoms with Crippen molar-refractivity contribution in [1.29, 1.82) is 0 Å². The van der Waals surface area contributed by atoms with Crippen LogP contribution in [0.4, 0.5) is 5.69 Å². The van der Waals surface area contributed by atoms with E-state index in [4.69, 9.17) is 4.74 Å². The highest BCUT2D eigenvalue weighted by Gasteiger charge is 2.25. The molecule has 0 saturated heterocycles. The van der Waals surface area contributed by atoms with Gasteiger partial charge in [-0.05, 0) is 44.1 Å². The van der Waals surface area contributed by atoms with E-state index in [-0.39, 0.29) is 36.5 Å². The molecule has 2 N–H and O–H groups in total. The predicted octanol–water partition coefficient (Wildman–Crippen LogP) is 2.87. The van der Waals surface area contributed by atoms with Gasteiger partial charge in [-0.3, -0.25) is 9.79 Å². The summed E-state index contributed by atoms with van der Waals surface area (Å²) < 4.78 is 5.48. The lowest BCUT2D eigenvalue weighted by Gasteiger charge is -2.29. The molecule has 1 aromatic rings. The highest BCUT2D eigenvalue weighted by Crippen LogP contribution is 2.31. The topological polar surface area (TPSA) is 66.0 Å². The maximum atomic E-state index is 12.2. The van der Waals surface area contributed by atoms with Crippen molar-refractivity contribution in [3.8, 4) is 5.75 Å². The lowest BCUT2D eigenvalue weighted by atomic mass is 10.2. The number of guanidine groups is 1. The van der Waals surface area contributed by atoms with E-state index in [0.29, 0.717) is 12.6 Å². The Morgan fingerprint density at radius 1 is 1.37 bits per heavy atom. The second-order valence-electron chi connectivity index (χ2n) is 6.67. The second kappa shape index (κ2) is 11.0. The number of fused-ring (bicyclic) bond motifs is 1. The van der Waals surface area contributed by atoms with Crippen LogP contribution < -0.4 is 20.3 Å². The molecule has 1 aliphatic carbocycles. The number of carbonyl (C=O) groups is 1. The van der Waals surface area contributed by atoms with E-state index >= 15 is 0 Å². The minimum atomic E-state index is 0. The molecule has 3 rings (SSSR count). The van der Waals surface area contributed by atoms with E-state index in [1.165, 1.54) is 19.3 Å². The van der Waals surface area contributed by atoms with Crippen LogP contribution in [-0.4, -0.2) is 56.2 Å². The molecule has 0 bridgehead atoms. The van der Waals surface area contributed by atoms with Gasteiger partial charge in [-0.25, -0.2) is 0 Å². The number of hydrogen-bond donors (Lipinski definition) is 2. The van der Waals surface area contributed by atoms with Gasteiger partial charge < -0.3 is 20.3 Å². The molecule has 6 nitrogen and oxygen atoms in total. The Morgan fingerprint density at radius 3 is 2.93 bits per heavy atom. The molecular weight excluding hydrogens is 475 g/mol. The van der Waals surface area contributed by atoms with E-state index in [2.05, 4.69) is 21.9 Å². The molecule has 0 radical (unpaired) electrons. The fraction of sp³-hybridized carbons (Fsp3) is 0.579. The Hall–Kier alpha value is -1.16. The molecule has 1 heterocycles. The van der Waals surface area contributed by atoms with Crippen molar-refractivity contribution in [3.05, 3.63) is 24.3 Å². The molecule has 0 aromatic heterocycles. The Balaban J connectivity index is 0.00000261. The molecule has 2 unspecified atom stereocenters. The molecule has 1 saturated carbocycles. The Labute approximate surface area is 182 Å². The Kier molecular flexibility index (Phi) is 9.01. The zero-order chi connectivity index (χ0) is 18.4. The van der Waals surface area contributed by atoms with E-state index < -0.39 is 0 Å². The van der Waals surface area contributed by atoms with Gasteiger partial charge in [-0.1, -0.05) is 12.1 Å². The normalized spacial score (nSPS) is 21.9. The Morgan fingerprint density at radius 2 is 2.19 bits per heavy atom. The smallest absolute Gasteiger partial charge is 0.265 e. The van der Waals surface area contributed by atoms with Crippen molar-refractivity contribution < 1.29 is 9.53 Å². The summed E-state index contributed by atoms with van der Waals surface area (Å²) in [5.41, 5.74) is 0.861. The van der Waals surface area contributed by atoms with Crippen molar-refractivity contribution >= 4 is 53.3 Å². The van der Waals surface area contributed by atoms with Gasteiger partial charge in [0.15, 0.2) is 12.6 Å². The average Bonchev–Trinajstić information content (AvgIpc) is 3.13. The first-order chi connectivity index (χ1) is 12.7. The fourth-order valence-corrected chi connectivity index (χ4v) is 4.31. The molecule has 2 atom stereocenters. The van der Waals surface area contributed by atoms with Crippen molar-refractivity contribution in [2.75, 3.05) is 37.9 Å². The molecule has 1 aliphatic heterocycles. The molecule has 1 fully saturated rings. The summed E-state index contributed by atoms with van der Waals surface area (Å²) in [6.45, 7) is 1.55. The van der Waals surface area contributed by atoms with Gasteiger partial charge in [-0.15, -0.1) is 24.0 Å². The van der Waals surface area contributed by atoms with E-state index in [1.54, 1.807) is 7.05 Å². The van der Waals surface area contributed by atoms with E-state index in [1.807, 2.05) is 40.9 Å². The van der Waals surface area contributed by atoms with Gasteiger partial charge in [-0.2, -0.15) is 11.8 Å². The molecule has 1 amide bonds. The number of benzene rings is 1. The Bertz CT molecular complexity index is 658. The van der Waals surface area contributed by atoms with Gasteiger partial charge in [0.1, 0.15) is 5.75 Å². The largest absolute Gasteiger partial charge is 0.482 e. The maximum absolute atomic E-state index is 12.2. The summed E-state index contributed by atoms with van der Waals surface area (Å²) in [7, 11) is 1.80. The third-order valence-corrected chi connectivity index (χ3v) is 6.04. The minimum Gasteiger partial charge on any atom is -0.482 e. The predicted molar refractivity (Wildman–Crippen MR) is 124 cm³/mol. The zero-order valence-corrected chi connectivity index (χ0v) is 19.1. The number of nitrogens with one attached hydrogen (secondary N) is 2. The monoisotopic (exact) mass is 504 g/mol. The first kappa shape index (κ1) is 22.1. The molecule has 27 heavy (non-hydrogen) atoms. The van der Waals surface area contributed by atoms with Crippen LogP contribution in [0, 0.1) is 0 Å². The van der Waals surface area contributed by atoms with Crippen LogP contribution in [0.1, 0.15) is 25.7 Å². The summed E-state index contributed by atoms with van der Waals surface area (Å²) >= 11 is 1.95. The number of carbonyl (C=O) groups excluding carboxylic acids is 1. The highest BCUT2D eigenvalue weighted by molar-refractivity contribution is 14.0. The molecule has 1 aromatic carbocycles. The van der Waals surface area contributed by atoms with Gasteiger partial charge in [0, 0.05) is 31.4 Å². The number of halogens is 1. The first-order valence-corrected chi connectivity index (χ1v) is 10.5. The van der Waals surface area contributed by atoms with Crippen LogP contribution in [-0.2, 0) is 4.79 Å². The van der Waals surface area contributed by atoms with E-state index in [0.717, 1.165) is 35.6 Å². The fourth-order valence-electron chi connectivity index (χ4n) is 3.52. The van der Waals surface area contributed by atoms with Crippen LogP contribution in [0.2, 0.25) is 0 Å². The maximum Gasteiger partial charge on any atom is 0.265 e. The quantitative estimate of drug-likeness (QED) is 0.270. The van der Waals surface area contributed by atoms with E-state index in [9.17, 15) is 4.79 Å². The van der Waals surface area contributed by atoms with Gasteiger partial charge in [0.05, 0.1) is 5.69 Å². The van der Waals surface area contributed by atoms with Crippen LogP contribution in [0.3, 0.4) is 0 Å². The zero-order valence-electron chi connectivity index (χ0n) is 15.9. The summed E-state index contributed by atoms with van der Waals surface area (Å²) in [5.74, 6) is 1.65. The van der Waals surface area contributed by atoms with Crippen molar-refractivity contribution in [1.82, 2.24) is 10.6 Å². The van der Waals surface area contributed by atoms with Gasteiger partial charge in [0.25, 0.3) is 5.91 Å². The van der Waals surface area contributed by atoms with Crippen molar-refractivity contribution in [2.24, 2.45) is 4.99 Å². The first-order valence-electron chi connectivity index (χ1n) is 9.23. The highest BCUT2D eigenvalue weighted by atomic mass is 127. The molecular formula is C19H29IN4O2S. The van der Waals surface area contributed by atoms with Crippen molar-refractivity contribution in [3.63, 3.8) is 0 Å². The summed E-state index contributed by atoms with van der Waals surface area (Å²) in [6.07, 6.45) is 6.70. The SMILES string of the molecule is CN=C(NCCCN1C(=O)COc2ccccc21)NC1CCC(SC)C1.I. The van der Waals surface area contributed by atoms with Crippen LogP contribution in [0.15, 0.2) is 29.3 Å². The van der Waals surface area contributed by atoms with Gasteiger partial charge >= 0.3 is 0 Å². The summed E-state index contributed by atoms with van der Waals surface area (Å²) in [4.78, 5) is 18.3. The third kappa shape index (κ3) is 5.91. The minimum absolute atomic E-state index is 0. The number of ether oxygens (including phenoxy) is 1. The lowest BCUT2D eigenvalue weighted by molar-refractivity contribution is -0.121. The average molecular weight is 504 g/mol. The van der Waals surface area contributed by atoms with Crippen LogP contribution >= 0.6 is 35.7 Å². The lowest BCUT2D eigenvalue weighted by Crippen LogP contribution is -2.44. The number of nitrogens with zero attached hydrogens (tertiary/aromatic N) is 2. The van der Waals surface area contributed by atoms with Crippen LogP contribution in [0.5, 0.6) is 5.75 Å².